The number of benzene rings is 1. The third-order valence-electron chi connectivity index (χ3n) is 6.45. The molecule has 4 rings (SSSR count). The summed E-state index contributed by atoms with van der Waals surface area (Å²) >= 11 is 0. The SMILES string of the molecule is C=C(C(C)C)N1/C(=C\C)C2(CCN(Cc3ccc(F)cc3F)CC2)Nc2cccnc21.CCC. The highest BCUT2D eigenvalue weighted by Crippen LogP contribution is 2.46. The maximum Gasteiger partial charge on any atom is 0.160 e. The molecule has 2 aliphatic rings. The number of aromatic nitrogens is 1. The number of halogens is 2. The molecule has 0 radical (unpaired) electrons. The molecule has 0 bridgehead atoms. The van der Waals surface area contributed by atoms with Gasteiger partial charge in [-0.2, -0.15) is 0 Å². The van der Waals surface area contributed by atoms with Gasteiger partial charge in [0.15, 0.2) is 5.82 Å². The Hall–Kier alpha value is -2.73. The van der Waals surface area contributed by atoms with Crippen molar-refractivity contribution in [2.24, 2.45) is 5.92 Å². The molecule has 1 spiro atoms. The summed E-state index contributed by atoms with van der Waals surface area (Å²) in [7, 11) is 0. The molecule has 1 fully saturated rings. The molecule has 0 amide bonds. The van der Waals surface area contributed by atoms with Crippen LogP contribution in [0.25, 0.3) is 0 Å². The zero-order valence-corrected chi connectivity index (χ0v) is 21.2. The molecule has 3 heterocycles. The van der Waals surface area contributed by atoms with Gasteiger partial charge in [0.25, 0.3) is 0 Å². The summed E-state index contributed by atoms with van der Waals surface area (Å²) in [5, 5.41) is 3.78. The molecule has 0 atom stereocenters. The molecular formula is C28H38F2N4. The lowest BCUT2D eigenvalue weighted by Gasteiger charge is -2.51. The first-order valence-electron chi connectivity index (χ1n) is 12.3. The van der Waals surface area contributed by atoms with E-state index < -0.39 is 11.6 Å². The number of nitrogens with zero attached hydrogens (tertiary/aromatic N) is 3. The van der Waals surface area contributed by atoms with Crippen molar-refractivity contribution < 1.29 is 8.78 Å². The van der Waals surface area contributed by atoms with Crippen LogP contribution in [-0.4, -0.2) is 28.5 Å². The summed E-state index contributed by atoms with van der Waals surface area (Å²) in [6.07, 6.45) is 6.96. The van der Waals surface area contributed by atoms with Crippen LogP contribution in [0.4, 0.5) is 20.3 Å². The van der Waals surface area contributed by atoms with E-state index in [-0.39, 0.29) is 11.5 Å². The van der Waals surface area contributed by atoms with Gasteiger partial charge in [0.1, 0.15) is 11.6 Å². The first-order chi connectivity index (χ1) is 16.3. The largest absolute Gasteiger partial charge is 0.371 e. The lowest BCUT2D eigenvalue weighted by atomic mass is 9.80. The first-order valence-corrected chi connectivity index (χ1v) is 12.3. The lowest BCUT2D eigenvalue weighted by molar-refractivity contribution is 0.178. The van der Waals surface area contributed by atoms with E-state index in [9.17, 15) is 8.78 Å². The smallest absolute Gasteiger partial charge is 0.160 e. The number of likely N-dealkylation sites (tertiary alicyclic amines) is 1. The van der Waals surface area contributed by atoms with Gasteiger partial charge in [0, 0.05) is 48.9 Å². The van der Waals surface area contributed by atoms with Crippen LogP contribution in [0.3, 0.4) is 0 Å². The van der Waals surface area contributed by atoms with E-state index in [0.717, 1.165) is 49.2 Å². The van der Waals surface area contributed by atoms with E-state index in [1.807, 2.05) is 12.3 Å². The lowest BCUT2D eigenvalue weighted by Crippen LogP contribution is -2.56. The number of hydrogen-bond acceptors (Lipinski definition) is 4. The van der Waals surface area contributed by atoms with Crippen LogP contribution in [0.2, 0.25) is 0 Å². The highest BCUT2D eigenvalue weighted by Gasteiger charge is 2.45. The van der Waals surface area contributed by atoms with E-state index in [2.05, 4.69) is 73.4 Å². The molecule has 0 saturated carbocycles. The minimum atomic E-state index is -0.541. The van der Waals surface area contributed by atoms with Crippen LogP contribution in [0.15, 0.2) is 60.6 Å². The number of fused-ring (bicyclic) bond motifs is 1. The van der Waals surface area contributed by atoms with Gasteiger partial charge in [-0.3, -0.25) is 9.80 Å². The molecule has 6 heteroatoms. The van der Waals surface area contributed by atoms with Gasteiger partial charge in [-0.25, -0.2) is 13.8 Å². The van der Waals surface area contributed by atoms with Gasteiger partial charge >= 0.3 is 0 Å². The molecule has 184 valence electrons. The van der Waals surface area contributed by atoms with Gasteiger partial charge in [0.05, 0.1) is 11.2 Å². The summed E-state index contributed by atoms with van der Waals surface area (Å²) in [5.41, 5.74) is 3.49. The number of pyridine rings is 1. The van der Waals surface area contributed by atoms with Crippen LogP contribution in [0.5, 0.6) is 0 Å². The highest BCUT2D eigenvalue weighted by atomic mass is 19.1. The maximum atomic E-state index is 14.1. The molecule has 1 aromatic heterocycles. The topological polar surface area (TPSA) is 31.4 Å². The molecule has 1 aromatic carbocycles. The third-order valence-corrected chi connectivity index (χ3v) is 6.45. The van der Waals surface area contributed by atoms with Crippen LogP contribution in [0.1, 0.15) is 59.4 Å². The second-order valence-electron chi connectivity index (χ2n) is 9.46. The normalized spacial score (nSPS) is 18.4. The predicted octanol–water partition coefficient (Wildman–Crippen LogP) is 7.12. The van der Waals surface area contributed by atoms with Gasteiger partial charge in [-0.05, 0) is 43.9 Å². The molecule has 0 aliphatic carbocycles. The Morgan fingerprint density at radius 1 is 1.21 bits per heavy atom. The predicted molar refractivity (Wildman–Crippen MR) is 138 cm³/mol. The number of nitrogens with one attached hydrogen (secondary N) is 1. The Kier molecular flexibility index (Phi) is 8.47. The second kappa shape index (κ2) is 11.1. The summed E-state index contributed by atoms with van der Waals surface area (Å²) in [4.78, 5) is 9.09. The zero-order chi connectivity index (χ0) is 24.9. The number of allylic oxidation sites excluding steroid dienone is 2. The monoisotopic (exact) mass is 468 g/mol. The molecule has 2 aliphatic heterocycles. The van der Waals surface area contributed by atoms with Gasteiger partial charge in [0.2, 0.25) is 0 Å². The Morgan fingerprint density at radius 2 is 1.88 bits per heavy atom. The van der Waals surface area contributed by atoms with Crippen molar-refractivity contribution in [1.29, 1.82) is 0 Å². The van der Waals surface area contributed by atoms with Crippen LogP contribution < -0.4 is 10.2 Å². The molecule has 1 N–H and O–H groups in total. The van der Waals surface area contributed by atoms with Crippen molar-refractivity contribution in [1.82, 2.24) is 9.88 Å². The first kappa shape index (κ1) is 25.9. The van der Waals surface area contributed by atoms with Crippen molar-refractivity contribution in [3.8, 4) is 0 Å². The fraction of sp³-hybridized carbons (Fsp3) is 0.464. The zero-order valence-electron chi connectivity index (χ0n) is 21.2. The van der Waals surface area contributed by atoms with Crippen molar-refractivity contribution in [2.45, 2.75) is 66.0 Å². The summed E-state index contributed by atoms with van der Waals surface area (Å²) in [5.74, 6) is 0.141. The van der Waals surface area contributed by atoms with Crippen LogP contribution in [0, 0.1) is 17.6 Å². The van der Waals surface area contributed by atoms with E-state index in [1.54, 1.807) is 6.07 Å². The van der Waals surface area contributed by atoms with Gasteiger partial charge < -0.3 is 5.32 Å². The quantitative estimate of drug-likeness (QED) is 0.518. The van der Waals surface area contributed by atoms with Crippen LogP contribution in [-0.2, 0) is 6.54 Å². The summed E-state index contributed by atoms with van der Waals surface area (Å²) in [6, 6.07) is 7.84. The van der Waals surface area contributed by atoms with Crippen molar-refractivity contribution >= 4 is 11.5 Å². The number of rotatable bonds is 4. The molecular weight excluding hydrogens is 430 g/mol. The van der Waals surface area contributed by atoms with E-state index in [1.165, 1.54) is 18.2 Å². The van der Waals surface area contributed by atoms with Gasteiger partial charge in [-0.15, -0.1) is 0 Å². The van der Waals surface area contributed by atoms with Crippen molar-refractivity contribution in [3.05, 3.63) is 77.8 Å². The minimum absolute atomic E-state index is 0.236. The van der Waals surface area contributed by atoms with E-state index >= 15 is 0 Å². The van der Waals surface area contributed by atoms with E-state index in [4.69, 9.17) is 0 Å². The molecule has 0 unspecified atom stereocenters. The molecule has 2 aromatic rings. The highest BCUT2D eigenvalue weighted by molar-refractivity contribution is 5.77. The summed E-state index contributed by atoms with van der Waals surface area (Å²) in [6.45, 7) is 17.1. The Balaban J connectivity index is 0.00000103. The second-order valence-corrected chi connectivity index (χ2v) is 9.46. The van der Waals surface area contributed by atoms with E-state index in [0.29, 0.717) is 12.1 Å². The van der Waals surface area contributed by atoms with Crippen molar-refractivity contribution in [2.75, 3.05) is 23.3 Å². The number of anilines is 2. The summed E-state index contributed by atoms with van der Waals surface area (Å²) < 4.78 is 27.4. The Morgan fingerprint density at radius 3 is 2.47 bits per heavy atom. The number of piperidine rings is 1. The average Bonchev–Trinajstić information content (AvgIpc) is 2.81. The fourth-order valence-corrected chi connectivity index (χ4v) is 4.64. The Labute approximate surface area is 203 Å². The molecule has 1 saturated heterocycles. The fourth-order valence-electron chi connectivity index (χ4n) is 4.64. The minimum Gasteiger partial charge on any atom is -0.371 e. The standard InChI is InChI=1S/C25H30F2N4.C3H8/c1-5-23-25(29-22-7-6-12-28-24(22)31(23)18(4)17(2)3)10-13-30(14-11-25)16-19-8-9-20(26)15-21(19)27;1-3-2/h5-9,12,15,17,29H,4,10-11,13-14,16H2,1-3H3;3H2,1-2H3/b23-5-;. The van der Waals surface area contributed by atoms with Crippen molar-refractivity contribution in [3.63, 3.8) is 0 Å². The molecule has 4 nitrogen and oxygen atoms in total. The third kappa shape index (κ3) is 5.33. The molecule has 34 heavy (non-hydrogen) atoms. The average molecular weight is 469 g/mol. The number of hydrogen-bond donors (Lipinski definition) is 1. The Bertz CT molecular complexity index is 1020. The van der Waals surface area contributed by atoms with Gasteiger partial charge in [-0.1, -0.05) is 52.8 Å². The maximum absolute atomic E-state index is 14.1. The van der Waals surface area contributed by atoms with Crippen LogP contribution >= 0.6 is 0 Å².